The van der Waals surface area contributed by atoms with E-state index in [1.54, 1.807) is 12.1 Å². The van der Waals surface area contributed by atoms with E-state index in [1.807, 2.05) is 12.1 Å². The minimum Gasteiger partial charge on any atom is -0.492 e. The van der Waals surface area contributed by atoms with Crippen molar-refractivity contribution in [3.63, 3.8) is 0 Å². The lowest BCUT2D eigenvalue weighted by molar-refractivity contribution is 0.114. The van der Waals surface area contributed by atoms with Gasteiger partial charge >= 0.3 is 0 Å². The van der Waals surface area contributed by atoms with E-state index in [1.165, 1.54) is 6.42 Å². The van der Waals surface area contributed by atoms with Gasteiger partial charge in [-0.2, -0.15) is 5.26 Å². The number of piperidine rings is 1. The predicted octanol–water partition coefficient (Wildman–Crippen LogP) is 1.85. The van der Waals surface area contributed by atoms with Crippen molar-refractivity contribution in [1.29, 1.82) is 5.26 Å². The van der Waals surface area contributed by atoms with E-state index in [2.05, 4.69) is 17.9 Å². The average Bonchev–Trinajstić information content (AvgIpc) is 2.49. The summed E-state index contributed by atoms with van der Waals surface area (Å²) < 4.78 is 5.72. The lowest BCUT2D eigenvalue weighted by atomic mass is 9.87. The van der Waals surface area contributed by atoms with E-state index in [0.717, 1.165) is 37.8 Å². The molecule has 0 spiro atoms. The molecular formula is C16H23N3O. The fourth-order valence-corrected chi connectivity index (χ4v) is 2.65. The smallest absolute Gasteiger partial charge is 0.119 e. The number of nitriles is 1. The fraction of sp³-hybridized carbons (Fsp3) is 0.562. The fourth-order valence-electron chi connectivity index (χ4n) is 2.65. The van der Waals surface area contributed by atoms with Crippen LogP contribution in [-0.2, 0) is 0 Å². The van der Waals surface area contributed by atoms with Crippen molar-refractivity contribution in [3.05, 3.63) is 29.8 Å². The highest BCUT2D eigenvalue weighted by molar-refractivity contribution is 5.34. The molecule has 4 nitrogen and oxygen atoms in total. The third kappa shape index (κ3) is 3.96. The second-order valence-electron chi connectivity index (χ2n) is 5.55. The summed E-state index contributed by atoms with van der Waals surface area (Å²) in [6.07, 6.45) is 1.22. The van der Waals surface area contributed by atoms with Gasteiger partial charge in [0, 0.05) is 13.1 Å². The van der Waals surface area contributed by atoms with Crippen molar-refractivity contribution in [2.75, 3.05) is 32.8 Å². The maximum absolute atomic E-state index is 8.74. The first kappa shape index (κ1) is 14.8. The molecular weight excluding hydrogens is 250 g/mol. The number of nitrogens with zero attached hydrogens (tertiary/aromatic N) is 2. The Bertz CT molecular complexity index is 452. The van der Waals surface area contributed by atoms with E-state index in [9.17, 15) is 0 Å². The zero-order valence-corrected chi connectivity index (χ0v) is 12.1. The molecule has 2 atom stereocenters. The van der Waals surface area contributed by atoms with E-state index in [-0.39, 0.29) is 0 Å². The number of ether oxygens (including phenoxy) is 1. The second kappa shape index (κ2) is 7.28. The second-order valence-corrected chi connectivity index (χ2v) is 5.55. The predicted molar refractivity (Wildman–Crippen MR) is 79.4 cm³/mol. The Labute approximate surface area is 121 Å². The Morgan fingerprint density at radius 3 is 2.80 bits per heavy atom. The quantitative estimate of drug-likeness (QED) is 0.889. The monoisotopic (exact) mass is 273 g/mol. The van der Waals surface area contributed by atoms with Crippen LogP contribution >= 0.6 is 0 Å². The summed E-state index contributed by atoms with van der Waals surface area (Å²) >= 11 is 0. The van der Waals surface area contributed by atoms with Gasteiger partial charge < -0.3 is 10.5 Å². The van der Waals surface area contributed by atoms with Crippen molar-refractivity contribution < 1.29 is 4.74 Å². The van der Waals surface area contributed by atoms with Gasteiger partial charge in [-0.15, -0.1) is 0 Å². The van der Waals surface area contributed by atoms with Gasteiger partial charge in [0.1, 0.15) is 12.4 Å². The Balaban J connectivity index is 1.74. The van der Waals surface area contributed by atoms with Crippen LogP contribution in [0.25, 0.3) is 0 Å². The van der Waals surface area contributed by atoms with E-state index < -0.39 is 0 Å². The van der Waals surface area contributed by atoms with Crippen LogP contribution in [0.2, 0.25) is 0 Å². The van der Waals surface area contributed by atoms with Crippen LogP contribution in [0, 0.1) is 23.2 Å². The highest BCUT2D eigenvalue weighted by atomic mass is 16.5. The first-order valence-electron chi connectivity index (χ1n) is 7.28. The summed E-state index contributed by atoms with van der Waals surface area (Å²) in [6.45, 7) is 6.89. The van der Waals surface area contributed by atoms with Crippen molar-refractivity contribution in [3.8, 4) is 11.8 Å². The number of hydrogen-bond donors (Lipinski definition) is 1. The van der Waals surface area contributed by atoms with Crippen LogP contribution in [0.15, 0.2) is 24.3 Å². The van der Waals surface area contributed by atoms with Crippen molar-refractivity contribution in [2.45, 2.75) is 13.3 Å². The van der Waals surface area contributed by atoms with Gasteiger partial charge in [-0.25, -0.2) is 0 Å². The minimum absolute atomic E-state index is 0.610. The van der Waals surface area contributed by atoms with Crippen LogP contribution in [0.5, 0.6) is 5.75 Å². The van der Waals surface area contributed by atoms with Gasteiger partial charge in [-0.1, -0.05) is 6.92 Å². The molecule has 4 heteroatoms. The Morgan fingerprint density at radius 1 is 1.40 bits per heavy atom. The topological polar surface area (TPSA) is 62.3 Å². The standard InChI is InChI=1S/C16H23N3O/c1-13-6-7-19(12-15(13)11-18)8-9-20-16-4-2-14(10-17)3-5-16/h2-5,13,15H,6-9,11-12,18H2,1H3. The van der Waals surface area contributed by atoms with E-state index >= 15 is 0 Å². The molecule has 0 saturated carbocycles. The number of likely N-dealkylation sites (tertiary alicyclic amines) is 1. The van der Waals surface area contributed by atoms with E-state index in [4.69, 9.17) is 15.7 Å². The Hall–Kier alpha value is -1.57. The molecule has 1 heterocycles. The summed E-state index contributed by atoms with van der Waals surface area (Å²) in [4.78, 5) is 2.43. The Kier molecular flexibility index (Phi) is 5.40. The molecule has 108 valence electrons. The Morgan fingerprint density at radius 2 is 2.15 bits per heavy atom. The van der Waals surface area contributed by atoms with Crippen molar-refractivity contribution >= 4 is 0 Å². The molecule has 0 aromatic heterocycles. The van der Waals surface area contributed by atoms with Crippen LogP contribution in [-0.4, -0.2) is 37.7 Å². The van der Waals surface area contributed by atoms with Gasteiger partial charge in [0.05, 0.1) is 11.6 Å². The zero-order valence-electron chi connectivity index (χ0n) is 12.1. The maximum atomic E-state index is 8.74. The number of benzene rings is 1. The van der Waals surface area contributed by atoms with Crippen LogP contribution in [0.1, 0.15) is 18.9 Å². The normalized spacial score (nSPS) is 23.2. The summed E-state index contributed by atoms with van der Waals surface area (Å²) in [5.74, 6) is 2.17. The molecule has 2 N–H and O–H groups in total. The van der Waals surface area contributed by atoms with Crippen LogP contribution < -0.4 is 10.5 Å². The SMILES string of the molecule is CC1CCN(CCOc2ccc(C#N)cc2)CC1CN. The van der Waals surface area contributed by atoms with Gasteiger partial charge in [0.25, 0.3) is 0 Å². The van der Waals surface area contributed by atoms with Crippen LogP contribution in [0.4, 0.5) is 0 Å². The maximum Gasteiger partial charge on any atom is 0.119 e. The first-order chi connectivity index (χ1) is 9.72. The molecule has 1 aromatic carbocycles. The minimum atomic E-state index is 0.610. The molecule has 1 aliphatic heterocycles. The van der Waals surface area contributed by atoms with Crippen LogP contribution in [0.3, 0.4) is 0 Å². The molecule has 2 unspecified atom stereocenters. The molecule has 0 radical (unpaired) electrons. The lowest BCUT2D eigenvalue weighted by Gasteiger charge is -2.36. The third-order valence-electron chi connectivity index (χ3n) is 4.16. The summed E-state index contributed by atoms with van der Waals surface area (Å²) in [5.41, 5.74) is 6.48. The number of rotatable bonds is 5. The van der Waals surface area contributed by atoms with Gasteiger partial charge in [-0.3, -0.25) is 4.90 Å². The molecule has 1 fully saturated rings. The molecule has 1 aromatic rings. The molecule has 0 bridgehead atoms. The van der Waals surface area contributed by atoms with Crippen molar-refractivity contribution in [2.24, 2.45) is 17.6 Å². The molecule has 1 aliphatic rings. The molecule has 20 heavy (non-hydrogen) atoms. The highest BCUT2D eigenvalue weighted by Crippen LogP contribution is 2.22. The zero-order chi connectivity index (χ0) is 14.4. The van der Waals surface area contributed by atoms with Gasteiger partial charge in [0.15, 0.2) is 0 Å². The van der Waals surface area contributed by atoms with Crippen molar-refractivity contribution in [1.82, 2.24) is 4.90 Å². The first-order valence-corrected chi connectivity index (χ1v) is 7.28. The molecule has 0 amide bonds. The average molecular weight is 273 g/mol. The third-order valence-corrected chi connectivity index (χ3v) is 4.16. The number of nitrogens with two attached hydrogens (primary N) is 1. The van der Waals surface area contributed by atoms with E-state index in [0.29, 0.717) is 18.1 Å². The lowest BCUT2D eigenvalue weighted by Crippen LogP contribution is -2.44. The largest absolute Gasteiger partial charge is 0.492 e. The molecule has 0 aliphatic carbocycles. The number of hydrogen-bond acceptors (Lipinski definition) is 4. The summed E-state index contributed by atoms with van der Waals surface area (Å²) in [5, 5.41) is 8.74. The van der Waals surface area contributed by atoms with Gasteiger partial charge in [-0.05, 0) is 55.6 Å². The molecule has 2 rings (SSSR count). The highest BCUT2D eigenvalue weighted by Gasteiger charge is 2.24. The molecule has 1 saturated heterocycles. The summed E-state index contributed by atoms with van der Waals surface area (Å²) in [6, 6.07) is 9.36. The van der Waals surface area contributed by atoms with Gasteiger partial charge in [0.2, 0.25) is 0 Å². The summed E-state index contributed by atoms with van der Waals surface area (Å²) in [7, 11) is 0.